The van der Waals surface area contributed by atoms with Crippen molar-refractivity contribution >= 4 is 10.0 Å². The van der Waals surface area contributed by atoms with Crippen molar-refractivity contribution in [2.75, 3.05) is 33.3 Å². The largest absolute Gasteiger partial charge is 0.497 e. The van der Waals surface area contributed by atoms with Crippen LogP contribution in [0.25, 0.3) is 0 Å². The minimum absolute atomic E-state index is 0.455. The van der Waals surface area contributed by atoms with Crippen LogP contribution in [0.15, 0.2) is 47.4 Å². The molecule has 1 aliphatic heterocycles. The highest BCUT2D eigenvalue weighted by Crippen LogP contribution is 2.27. The van der Waals surface area contributed by atoms with Gasteiger partial charge in [0, 0.05) is 26.2 Å². The molecule has 6 heteroatoms. The summed E-state index contributed by atoms with van der Waals surface area (Å²) in [6.45, 7) is 3.60. The molecular weight excluding hydrogens is 372 g/mol. The first kappa shape index (κ1) is 19.4. The van der Waals surface area contributed by atoms with Crippen LogP contribution in [-0.4, -0.2) is 50.9 Å². The van der Waals surface area contributed by atoms with Crippen molar-refractivity contribution in [1.82, 2.24) is 9.21 Å². The lowest BCUT2D eigenvalue weighted by molar-refractivity contribution is 0.278. The van der Waals surface area contributed by atoms with Crippen molar-refractivity contribution in [3.05, 3.63) is 59.2 Å². The molecule has 4 rings (SSSR count). The van der Waals surface area contributed by atoms with Crippen molar-refractivity contribution in [3.63, 3.8) is 0 Å². The molecule has 0 radical (unpaired) electrons. The van der Waals surface area contributed by atoms with Crippen LogP contribution in [-0.2, 0) is 29.4 Å². The highest BCUT2D eigenvalue weighted by Gasteiger charge is 2.28. The Morgan fingerprint density at radius 2 is 1.68 bits per heavy atom. The summed E-state index contributed by atoms with van der Waals surface area (Å²) in [5, 5.41) is 0. The summed E-state index contributed by atoms with van der Waals surface area (Å²) in [6, 6.07) is 13.8. The zero-order valence-electron chi connectivity index (χ0n) is 16.4. The zero-order valence-corrected chi connectivity index (χ0v) is 17.2. The molecule has 2 aliphatic rings. The Bertz CT molecular complexity index is 925. The summed E-state index contributed by atoms with van der Waals surface area (Å²) in [6.07, 6.45) is 4.04. The molecule has 28 heavy (non-hydrogen) atoms. The van der Waals surface area contributed by atoms with Crippen molar-refractivity contribution in [1.29, 1.82) is 0 Å². The van der Waals surface area contributed by atoms with Gasteiger partial charge in [-0.25, -0.2) is 8.42 Å². The van der Waals surface area contributed by atoms with Gasteiger partial charge in [-0.15, -0.1) is 0 Å². The van der Waals surface area contributed by atoms with Crippen molar-refractivity contribution < 1.29 is 13.2 Å². The van der Waals surface area contributed by atoms with Gasteiger partial charge in [0.1, 0.15) is 5.75 Å². The molecule has 0 aromatic heterocycles. The van der Waals surface area contributed by atoms with Crippen LogP contribution in [0.5, 0.6) is 5.75 Å². The maximum atomic E-state index is 13.2. The van der Waals surface area contributed by atoms with Crippen LogP contribution in [0.1, 0.15) is 29.5 Å². The van der Waals surface area contributed by atoms with E-state index in [0.717, 1.165) is 51.1 Å². The van der Waals surface area contributed by atoms with Crippen molar-refractivity contribution in [2.24, 2.45) is 0 Å². The van der Waals surface area contributed by atoms with Gasteiger partial charge in [0.15, 0.2) is 0 Å². The standard InChI is InChI=1S/C22H28N2O3S/c1-27-21-9-6-18(7-10-21)17-23-12-3-13-24(15-14-23)28(25,26)22-11-8-19-4-2-5-20(19)16-22/h6-11,16H,2-5,12-15,17H2,1H3. The monoisotopic (exact) mass is 400 g/mol. The van der Waals surface area contributed by atoms with E-state index in [1.54, 1.807) is 17.5 Å². The van der Waals surface area contributed by atoms with E-state index in [1.165, 1.54) is 16.7 Å². The number of fused-ring (bicyclic) bond motifs is 1. The maximum Gasteiger partial charge on any atom is 0.243 e. The number of aryl methyl sites for hydroxylation is 2. The van der Waals surface area contributed by atoms with Crippen LogP contribution in [0.4, 0.5) is 0 Å². The summed E-state index contributed by atoms with van der Waals surface area (Å²) in [5.74, 6) is 0.853. The Balaban J connectivity index is 1.42. The van der Waals surface area contributed by atoms with E-state index in [1.807, 2.05) is 24.3 Å². The van der Waals surface area contributed by atoms with Gasteiger partial charge in [0.2, 0.25) is 10.0 Å². The molecule has 2 aromatic carbocycles. The van der Waals surface area contributed by atoms with Gasteiger partial charge in [-0.3, -0.25) is 4.90 Å². The smallest absolute Gasteiger partial charge is 0.243 e. The first-order valence-electron chi connectivity index (χ1n) is 10.0. The lowest BCUT2D eigenvalue weighted by Gasteiger charge is -2.22. The van der Waals surface area contributed by atoms with E-state index in [-0.39, 0.29) is 0 Å². The van der Waals surface area contributed by atoms with Crippen molar-refractivity contribution in [3.8, 4) is 5.75 Å². The third-order valence-corrected chi connectivity index (χ3v) is 7.72. The normalized spacial score (nSPS) is 18.6. The van der Waals surface area contributed by atoms with Gasteiger partial charge >= 0.3 is 0 Å². The van der Waals surface area contributed by atoms with Gasteiger partial charge in [-0.1, -0.05) is 18.2 Å². The number of benzene rings is 2. The van der Waals surface area contributed by atoms with E-state index in [0.29, 0.717) is 18.0 Å². The average Bonchev–Trinajstić information content (AvgIpc) is 3.06. The topological polar surface area (TPSA) is 49.9 Å². The minimum atomic E-state index is -3.42. The van der Waals surface area contributed by atoms with Crippen LogP contribution >= 0.6 is 0 Å². The summed E-state index contributed by atoms with van der Waals surface area (Å²) in [5.41, 5.74) is 3.73. The predicted molar refractivity (Wildman–Crippen MR) is 110 cm³/mol. The molecule has 1 heterocycles. The third-order valence-electron chi connectivity index (χ3n) is 5.82. The van der Waals surface area contributed by atoms with Crippen LogP contribution in [0.3, 0.4) is 0 Å². The minimum Gasteiger partial charge on any atom is -0.497 e. The molecule has 1 saturated heterocycles. The molecule has 0 spiro atoms. The Labute approximate surface area is 168 Å². The molecule has 0 N–H and O–H groups in total. The second-order valence-electron chi connectivity index (χ2n) is 7.67. The maximum absolute atomic E-state index is 13.2. The van der Waals surface area contributed by atoms with E-state index in [2.05, 4.69) is 17.0 Å². The Hall–Kier alpha value is -1.89. The SMILES string of the molecule is COc1ccc(CN2CCCN(S(=O)(=O)c3ccc4c(c3)CCC4)CC2)cc1. The first-order chi connectivity index (χ1) is 13.6. The molecule has 0 unspecified atom stereocenters. The third kappa shape index (κ3) is 4.09. The van der Waals surface area contributed by atoms with E-state index >= 15 is 0 Å². The number of methoxy groups -OCH3 is 1. The number of sulfonamides is 1. The summed E-state index contributed by atoms with van der Waals surface area (Å²) >= 11 is 0. The molecular formula is C22H28N2O3S. The second-order valence-corrected chi connectivity index (χ2v) is 9.60. The van der Waals surface area contributed by atoms with E-state index in [9.17, 15) is 8.42 Å². The molecule has 0 atom stereocenters. The summed E-state index contributed by atoms with van der Waals surface area (Å²) in [7, 11) is -1.76. The van der Waals surface area contributed by atoms with E-state index in [4.69, 9.17) is 4.74 Å². The molecule has 150 valence electrons. The Kier molecular flexibility index (Phi) is 5.71. The lowest BCUT2D eigenvalue weighted by Crippen LogP contribution is -2.35. The Morgan fingerprint density at radius 3 is 2.46 bits per heavy atom. The molecule has 0 bridgehead atoms. The van der Waals surface area contributed by atoms with Crippen molar-refractivity contribution in [2.45, 2.75) is 37.1 Å². The number of hydrogen-bond acceptors (Lipinski definition) is 4. The number of rotatable bonds is 5. The fourth-order valence-electron chi connectivity index (χ4n) is 4.19. The van der Waals surface area contributed by atoms with Gasteiger partial charge in [0.05, 0.1) is 12.0 Å². The highest BCUT2D eigenvalue weighted by molar-refractivity contribution is 7.89. The molecule has 1 fully saturated rings. The van der Waals surface area contributed by atoms with E-state index < -0.39 is 10.0 Å². The fourth-order valence-corrected chi connectivity index (χ4v) is 5.71. The molecule has 0 amide bonds. The quantitative estimate of drug-likeness (QED) is 0.774. The van der Waals surface area contributed by atoms with Gasteiger partial charge in [-0.2, -0.15) is 4.31 Å². The van der Waals surface area contributed by atoms with Gasteiger partial charge in [0.25, 0.3) is 0 Å². The first-order valence-corrected chi connectivity index (χ1v) is 11.5. The van der Waals surface area contributed by atoms with Crippen LogP contribution < -0.4 is 4.74 Å². The summed E-state index contributed by atoms with van der Waals surface area (Å²) in [4.78, 5) is 2.79. The van der Waals surface area contributed by atoms with Gasteiger partial charge < -0.3 is 4.74 Å². The van der Waals surface area contributed by atoms with Crippen LogP contribution in [0.2, 0.25) is 0 Å². The highest BCUT2D eigenvalue weighted by atomic mass is 32.2. The number of nitrogens with zero attached hydrogens (tertiary/aromatic N) is 2. The molecule has 0 saturated carbocycles. The number of ether oxygens (including phenoxy) is 1. The zero-order chi connectivity index (χ0) is 19.6. The average molecular weight is 401 g/mol. The van der Waals surface area contributed by atoms with Gasteiger partial charge in [-0.05, 0) is 73.2 Å². The fraction of sp³-hybridized carbons (Fsp3) is 0.455. The molecule has 5 nitrogen and oxygen atoms in total. The lowest BCUT2D eigenvalue weighted by atomic mass is 10.1. The molecule has 2 aromatic rings. The Morgan fingerprint density at radius 1 is 0.893 bits per heavy atom. The second kappa shape index (κ2) is 8.23. The predicted octanol–water partition coefficient (Wildman–Crippen LogP) is 3.08. The molecule has 1 aliphatic carbocycles. The summed E-state index contributed by atoms with van der Waals surface area (Å²) < 4.78 is 33.2. The van der Waals surface area contributed by atoms with Crippen LogP contribution in [0, 0.1) is 0 Å². The number of hydrogen-bond donors (Lipinski definition) is 0.